The largest absolute Gasteiger partial charge is 0.480 e. The van der Waals surface area contributed by atoms with E-state index < -0.39 is 0 Å². The molecule has 1 atom stereocenters. The topological polar surface area (TPSA) is 65.9 Å². The molecule has 3 rings (SSSR count). The summed E-state index contributed by atoms with van der Waals surface area (Å²) in [6, 6.07) is 10.9. The minimum Gasteiger partial charge on any atom is -0.480 e. The van der Waals surface area contributed by atoms with E-state index in [4.69, 9.17) is 16.3 Å². The third-order valence-electron chi connectivity index (χ3n) is 4.64. The highest BCUT2D eigenvalue weighted by molar-refractivity contribution is 6.30. The number of piperazine rings is 1. The number of aliphatic hydroxyl groups excluding tert-OH is 1. The molecule has 0 bridgehead atoms. The number of pyridine rings is 1. The number of carbonyl (C=O) groups excluding carboxylic acids is 1. The van der Waals surface area contributed by atoms with E-state index in [2.05, 4.69) is 9.88 Å². The molecule has 6 nitrogen and oxygen atoms in total. The molecular formula is C19H22ClN3O3. The third kappa shape index (κ3) is 3.98. The Balaban J connectivity index is 1.67. The monoisotopic (exact) mass is 375 g/mol. The number of halogens is 1. The second kappa shape index (κ2) is 8.49. The Morgan fingerprint density at radius 1 is 1.27 bits per heavy atom. The molecule has 1 aliphatic heterocycles. The molecule has 1 aliphatic rings. The van der Waals surface area contributed by atoms with Crippen LogP contribution in [0.25, 0.3) is 0 Å². The van der Waals surface area contributed by atoms with Crippen molar-refractivity contribution in [1.82, 2.24) is 14.8 Å². The molecule has 7 heteroatoms. The highest BCUT2D eigenvalue weighted by Crippen LogP contribution is 2.25. The van der Waals surface area contributed by atoms with Gasteiger partial charge in [-0.05, 0) is 29.8 Å². The van der Waals surface area contributed by atoms with Gasteiger partial charge in [-0.1, -0.05) is 23.7 Å². The lowest BCUT2D eigenvalue weighted by atomic mass is 10.0. The Kier molecular flexibility index (Phi) is 6.08. The molecule has 0 radical (unpaired) electrons. The summed E-state index contributed by atoms with van der Waals surface area (Å²) < 4.78 is 5.19. The van der Waals surface area contributed by atoms with Crippen LogP contribution in [-0.4, -0.2) is 65.7 Å². The Labute approximate surface area is 158 Å². The van der Waals surface area contributed by atoms with Crippen LogP contribution >= 0.6 is 11.6 Å². The van der Waals surface area contributed by atoms with Crippen molar-refractivity contribution >= 4 is 17.5 Å². The first-order chi connectivity index (χ1) is 12.6. The minimum atomic E-state index is -0.126. The number of benzene rings is 1. The summed E-state index contributed by atoms with van der Waals surface area (Å²) in [6.07, 6.45) is 1.60. The maximum atomic E-state index is 12.8. The van der Waals surface area contributed by atoms with Crippen LogP contribution in [0.1, 0.15) is 22.0 Å². The number of aromatic nitrogens is 1. The Bertz CT molecular complexity index is 763. The molecule has 26 heavy (non-hydrogen) atoms. The van der Waals surface area contributed by atoms with Crippen LogP contribution in [-0.2, 0) is 0 Å². The second-order valence-corrected chi connectivity index (χ2v) is 6.58. The van der Waals surface area contributed by atoms with Crippen molar-refractivity contribution < 1.29 is 14.6 Å². The predicted octanol–water partition coefficient (Wildman–Crippen LogP) is 2.24. The number of rotatable bonds is 5. The molecule has 1 N–H and O–H groups in total. The maximum absolute atomic E-state index is 12.8. The molecule has 2 aromatic rings. The summed E-state index contributed by atoms with van der Waals surface area (Å²) in [6.45, 7) is 2.50. The Morgan fingerprint density at radius 2 is 2.04 bits per heavy atom. The first-order valence-electron chi connectivity index (χ1n) is 8.52. The number of carbonyl (C=O) groups is 1. The Hall–Kier alpha value is -2.15. The van der Waals surface area contributed by atoms with E-state index in [1.165, 1.54) is 7.11 Å². The number of hydrogen-bond acceptors (Lipinski definition) is 5. The SMILES string of the molecule is COc1ncccc1C(=O)N1CCN([C@H](CO)c2cccc(Cl)c2)CC1. The molecular weight excluding hydrogens is 354 g/mol. The number of ether oxygens (including phenoxy) is 1. The lowest BCUT2D eigenvalue weighted by Gasteiger charge is -2.39. The second-order valence-electron chi connectivity index (χ2n) is 6.14. The lowest BCUT2D eigenvalue weighted by Crippen LogP contribution is -2.50. The zero-order valence-corrected chi connectivity index (χ0v) is 15.4. The van der Waals surface area contributed by atoms with E-state index in [-0.39, 0.29) is 18.6 Å². The van der Waals surface area contributed by atoms with E-state index in [1.807, 2.05) is 24.3 Å². The van der Waals surface area contributed by atoms with Gasteiger partial charge in [0.1, 0.15) is 5.56 Å². The van der Waals surface area contributed by atoms with Crippen molar-refractivity contribution in [3.63, 3.8) is 0 Å². The van der Waals surface area contributed by atoms with Gasteiger partial charge < -0.3 is 14.7 Å². The minimum absolute atomic E-state index is 0.00468. The fraction of sp³-hybridized carbons (Fsp3) is 0.368. The molecule has 1 amide bonds. The number of hydrogen-bond donors (Lipinski definition) is 1. The highest BCUT2D eigenvalue weighted by Gasteiger charge is 2.28. The van der Waals surface area contributed by atoms with Crippen LogP contribution in [0.15, 0.2) is 42.6 Å². The van der Waals surface area contributed by atoms with E-state index in [1.54, 1.807) is 23.2 Å². The first-order valence-corrected chi connectivity index (χ1v) is 8.90. The summed E-state index contributed by atoms with van der Waals surface area (Å²) in [4.78, 5) is 20.8. The summed E-state index contributed by atoms with van der Waals surface area (Å²) in [7, 11) is 1.51. The zero-order valence-electron chi connectivity index (χ0n) is 14.6. The van der Waals surface area contributed by atoms with Crippen molar-refractivity contribution in [2.75, 3.05) is 39.9 Å². The smallest absolute Gasteiger partial charge is 0.259 e. The van der Waals surface area contributed by atoms with Crippen LogP contribution in [0, 0.1) is 0 Å². The van der Waals surface area contributed by atoms with E-state index in [9.17, 15) is 9.90 Å². The molecule has 138 valence electrons. The van der Waals surface area contributed by atoms with Crippen LogP contribution in [0.4, 0.5) is 0 Å². The molecule has 1 saturated heterocycles. The fourth-order valence-electron chi connectivity index (χ4n) is 3.27. The van der Waals surface area contributed by atoms with Gasteiger partial charge in [0.15, 0.2) is 0 Å². The predicted molar refractivity (Wildman–Crippen MR) is 99.5 cm³/mol. The molecule has 1 aromatic carbocycles. The van der Waals surface area contributed by atoms with E-state index in [0.29, 0.717) is 42.6 Å². The molecule has 0 saturated carbocycles. The van der Waals surface area contributed by atoms with Crippen LogP contribution in [0.5, 0.6) is 5.88 Å². The zero-order chi connectivity index (χ0) is 18.5. The van der Waals surface area contributed by atoms with Gasteiger partial charge in [-0.15, -0.1) is 0 Å². The van der Waals surface area contributed by atoms with Gasteiger partial charge >= 0.3 is 0 Å². The van der Waals surface area contributed by atoms with Crippen molar-refractivity contribution in [2.24, 2.45) is 0 Å². The van der Waals surface area contributed by atoms with Gasteiger partial charge in [0, 0.05) is 37.4 Å². The van der Waals surface area contributed by atoms with Gasteiger partial charge in [-0.2, -0.15) is 0 Å². The normalized spacial score (nSPS) is 16.3. The average molecular weight is 376 g/mol. The van der Waals surface area contributed by atoms with Gasteiger partial charge in [-0.3, -0.25) is 9.69 Å². The molecule has 1 aromatic heterocycles. The standard InChI is InChI=1S/C19H22ClN3O3/c1-26-18-16(6-3-7-21-18)19(25)23-10-8-22(9-11-23)17(13-24)14-4-2-5-15(20)12-14/h2-7,12,17,24H,8-11,13H2,1H3/t17-/m1/s1. The van der Waals surface area contributed by atoms with Gasteiger partial charge in [0.2, 0.25) is 5.88 Å². The highest BCUT2D eigenvalue weighted by atomic mass is 35.5. The van der Waals surface area contributed by atoms with Gasteiger partial charge in [-0.25, -0.2) is 4.98 Å². The Morgan fingerprint density at radius 3 is 2.69 bits per heavy atom. The van der Waals surface area contributed by atoms with E-state index in [0.717, 1.165) is 5.56 Å². The van der Waals surface area contributed by atoms with E-state index >= 15 is 0 Å². The number of aliphatic hydroxyl groups is 1. The van der Waals surface area contributed by atoms with Gasteiger partial charge in [0.05, 0.1) is 19.8 Å². The van der Waals surface area contributed by atoms with Crippen LogP contribution < -0.4 is 4.74 Å². The summed E-state index contributed by atoms with van der Waals surface area (Å²) in [5.41, 5.74) is 1.45. The molecule has 1 fully saturated rings. The summed E-state index contributed by atoms with van der Waals surface area (Å²) >= 11 is 6.08. The van der Waals surface area contributed by atoms with Crippen LogP contribution in [0.3, 0.4) is 0 Å². The van der Waals surface area contributed by atoms with Crippen molar-refractivity contribution in [3.05, 3.63) is 58.7 Å². The van der Waals surface area contributed by atoms with Crippen molar-refractivity contribution in [2.45, 2.75) is 6.04 Å². The number of nitrogens with zero attached hydrogens (tertiary/aromatic N) is 3. The molecule has 0 aliphatic carbocycles. The average Bonchev–Trinajstić information content (AvgIpc) is 2.68. The lowest BCUT2D eigenvalue weighted by molar-refractivity contribution is 0.0474. The summed E-state index contributed by atoms with van der Waals surface area (Å²) in [5, 5.41) is 10.5. The first kappa shape index (κ1) is 18.6. The number of methoxy groups -OCH3 is 1. The maximum Gasteiger partial charge on any atom is 0.259 e. The van der Waals surface area contributed by atoms with Crippen LogP contribution in [0.2, 0.25) is 5.02 Å². The molecule has 2 heterocycles. The number of amides is 1. The third-order valence-corrected chi connectivity index (χ3v) is 4.88. The molecule has 0 spiro atoms. The van der Waals surface area contributed by atoms with Crippen molar-refractivity contribution in [3.8, 4) is 5.88 Å². The van der Waals surface area contributed by atoms with Gasteiger partial charge in [0.25, 0.3) is 5.91 Å². The van der Waals surface area contributed by atoms with Crippen molar-refractivity contribution in [1.29, 1.82) is 0 Å². The fourth-order valence-corrected chi connectivity index (χ4v) is 3.47. The quantitative estimate of drug-likeness (QED) is 0.868. The molecule has 0 unspecified atom stereocenters. The summed E-state index contributed by atoms with van der Waals surface area (Å²) in [5.74, 6) is 0.255.